The van der Waals surface area contributed by atoms with Crippen molar-refractivity contribution >= 4 is 22.8 Å². The van der Waals surface area contributed by atoms with Crippen LogP contribution in [0.3, 0.4) is 0 Å². The highest BCUT2D eigenvalue weighted by atomic mass is 16.4. The highest BCUT2D eigenvalue weighted by Crippen LogP contribution is 2.28. The number of benzene rings is 1. The molecular formula is C15H16N2O3. The highest BCUT2D eigenvalue weighted by molar-refractivity contribution is 6.08. The zero-order valence-corrected chi connectivity index (χ0v) is 11.1. The Morgan fingerprint density at radius 2 is 2.00 bits per heavy atom. The average Bonchev–Trinajstić information content (AvgIpc) is 2.68. The third-order valence-electron chi connectivity index (χ3n) is 3.94. The van der Waals surface area contributed by atoms with E-state index in [1.165, 1.54) is 0 Å². The van der Waals surface area contributed by atoms with Crippen LogP contribution in [0, 0.1) is 12.8 Å². The molecule has 20 heavy (non-hydrogen) atoms. The Labute approximate surface area is 116 Å². The summed E-state index contributed by atoms with van der Waals surface area (Å²) in [6.07, 6.45) is 1.03. The fourth-order valence-corrected chi connectivity index (χ4v) is 2.76. The maximum atomic E-state index is 12.3. The number of para-hydroxylation sites is 1. The molecule has 1 aromatic heterocycles. The van der Waals surface area contributed by atoms with Crippen molar-refractivity contribution in [3.8, 4) is 0 Å². The molecule has 0 spiro atoms. The first-order valence-corrected chi connectivity index (χ1v) is 6.67. The van der Waals surface area contributed by atoms with E-state index in [9.17, 15) is 9.59 Å². The molecule has 104 valence electrons. The molecule has 0 unspecified atom stereocenters. The first kappa shape index (κ1) is 12.7. The standard InChI is InChI=1S/C15H16N2O3/c1-8-13(11-4-2-3-5-12(11)16-8)14(18)17-10-6-9(7-10)15(19)20/h2-5,9-10,16H,6-7H2,1H3,(H,17,18)(H,19,20). The summed E-state index contributed by atoms with van der Waals surface area (Å²) < 4.78 is 0. The van der Waals surface area contributed by atoms with E-state index in [1.54, 1.807) is 0 Å². The number of carboxylic acid groups (broad SMARTS) is 1. The Bertz CT molecular complexity index is 683. The molecule has 1 saturated carbocycles. The lowest BCUT2D eigenvalue weighted by molar-refractivity contribution is -0.145. The van der Waals surface area contributed by atoms with E-state index in [4.69, 9.17) is 5.11 Å². The number of carbonyl (C=O) groups excluding carboxylic acids is 1. The predicted molar refractivity (Wildman–Crippen MR) is 74.6 cm³/mol. The number of hydrogen-bond donors (Lipinski definition) is 3. The molecule has 1 aliphatic carbocycles. The van der Waals surface area contributed by atoms with E-state index in [0.717, 1.165) is 16.6 Å². The minimum atomic E-state index is -0.779. The van der Waals surface area contributed by atoms with Crippen molar-refractivity contribution in [2.24, 2.45) is 5.92 Å². The van der Waals surface area contributed by atoms with Crippen molar-refractivity contribution < 1.29 is 14.7 Å². The van der Waals surface area contributed by atoms with Gasteiger partial charge in [0.2, 0.25) is 0 Å². The fourth-order valence-electron chi connectivity index (χ4n) is 2.76. The van der Waals surface area contributed by atoms with Crippen LogP contribution < -0.4 is 5.32 Å². The second kappa shape index (κ2) is 4.67. The Kier molecular flexibility index (Phi) is 2.97. The van der Waals surface area contributed by atoms with Crippen LogP contribution in [0.1, 0.15) is 28.9 Å². The number of hydrogen-bond acceptors (Lipinski definition) is 2. The predicted octanol–water partition coefficient (Wildman–Crippen LogP) is 2.07. The Hall–Kier alpha value is -2.30. The lowest BCUT2D eigenvalue weighted by atomic mass is 9.80. The third kappa shape index (κ3) is 2.05. The summed E-state index contributed by atoms with van der Waals surface area (Å²) in [7, 11) is 0. The number of carbonyl (C=O) groups is 2. The zero-order chi connectivity index (χ0) is 14.3. The van der Waals surface area contributed by atoms with E-state index in [2.05, 4.69) is 10.3 Å². The van der Waals surface area contributed by atoms with Crippen LogP contribution in [0.2, 0.25) is 0 Å². The molecule has 1 fully saturated rings. The first-order valence-electron chi connectivity index (χ1n) is 6.67. The van der Waals surface area contributed by atoms with E-state index in [-0.39, 0.29) is 17.9 Å². The van der Waals surface area contributed by atoms with Gasteiger partial charge in [-0.15, -0.1) is 0 Å². The topological polar surface area (TPSA) is 82.2 Å². The molecule has 2 aromatic rings. The molecule has 5 heteroatoms. The maximum absolute atomic E-state index is 12.3. The van der Waals surface area contributed by atoms with E-state index >= 15 is 0 Å². The molecule has 0 saturated heterocycles. The summed E-state index contributed by atoms with van der Waals surface area (Å²) >= 11 is 0. The van der Waals surface area contributed by atoms with E-state index in [0.29, 0.717) is 18.4 Å². The number of amides is 1. The first-order chi connectivity index (χ1) is 9.56. The van der Waals surface area contributed by atoms with Gasteiger partial charge >= 0.3 is 5.97 Å². The van der Waals surface area contributed by atoms with Crippen molar-refractivity contribution in [1.29, 1.82) is 0 Å². The van der Waals surface area contributed by atoms with Crippen molar-refractivity contribution in [3.05, 3.63) is 35.5 Å². The van der Waals surface area contributed by atoms with Gasteiger partial charge < -0.3 is 15.4 Å². The van der Waals surface area contributed by atoms with Crippen LogP contribution in [-0.2, 0) is 4.79 Å². The molecule has 0 bridgehead atoms. The molecule has 0 atom stereocenters. The summed E-state index contributed by atoms with van der Waals surface area (Å²) in [5.74, 6) is -1.23. The van der Waals surface area contributed by atoms with Crippen LogP contribution in [0.4, 0.5) is 0 Å². The molecule has 5 nitrogen and oxygen atoms in total. The fraction of sp³-hybridized carbons (Fsp3) is 0.333. The highest BCUT2D eigenvalue weighted by Gasteiger charge is 2.35. The second-order valence-electron chi connectivity index (χ2n) is 5.35. The SMILES string of the molecule is Cc1[nH]c2ccccc2c1C(=O)NC1CC(C(=O)O)C1. The smallest absolute Gasteiger partial charge is 0.306 e. The van der Waals surface area contributed by atoms with Gasteiger partial charge in [-0.1, -0.05) is 18.2 Å². The lowest BCUT2D eigenvalue weighted by Crippen LogP contribution is -2.46. The number of nitrogens with one attached hydrogen (secondary N) is 2. The summed E-state index contributed by atoms with van der Waals surface area (Å²) in [4.78, 5) is 26.3. The molecule has 1 aliphatic rings. The second-order valence-corrected chi connectivity index (χ2v) is 5.35. The van der Waals surface area contributed by atoms with Crippen molar-refractivity contribution in [2.45, 2.75) is 25.8 Å². The molecule has 3 rings (SSSR count). The number of aliphatic carboxylic acids is 1. The average molecular weight is 272 g/mol. The zero-order valence-electron chi connectivity index (χ0n) is 11.1. The summed E-state index contributed by atoms with van der Waals surface area (Å²) in [6.45, 7) is 1.87. The lowest BCUT2D eigenvalue weighted by Gasteiger charge is -2.32. The Balaban J connectivity index is 1.77. The van der Waals surface area contributed by atoms with Crippen LogP contribution in [0.15, 0.2) is 24.3 Å². The molecule has 1 aromatic carbocycles. The van der Waals surface area contributed by atoms with Gasteiger partial charge in [0, 0.05) is 22.6 Å². The van der Waals surface area contributed by atoms with Gasteiger partial charge in [-0.3, -0.25) is 9.59 Å². The minimum absolute atomic E-state index is 0.0309. The monoisotopic (exact) mass is 272 g/mol. The molecule has 3 N–H and O–H groups in total. The van der Waals surface area contributed by atoms with Crippen LogP contribution in [0.5, 0.6) is 0 Å². The van der Waals surface area contributed by atoms with Crippen LogP contribution in [-0.4, -0.2) is 28.0 Å². The van der Waals surface area contributed by atoms with Gasteiger partial charge in [-0.2, -0.15) is 0 Å². The number of rotatable bonds is 3. The van der Waals surface area contributed by atoms with E-state index < -0.39 is 5.97 Å². The molecular weight excluding hydrogens is 256 g/mol. The van der Waals surface area contributed by atoms with Gasteiger partial charge in [0.1, 0.15) is 0 Å². The van der Waals surface area contributed by atoms with Crippen LogP contribution in [0.25, 0.3) is 10.9 Å². The minimum Gasteiger partial charge on any atom is -0.481 e. The van der Waals surface area contributed by atoms with Crippen LogP contribution >= 0.6 is 0 Å². The van der Waals surface area contributed by atoms with E-state index in [1.807, 2.05) is 31.2 Å². The van der Waals surface area contributed by atoms with Gasteiger partial charge in [0.15, 0.2) is 0 Å². The number of aromatic amines is 1. The Morgan fingerprint density at radius 1 is 1.30 bits per heavy atom. The van der Waals surface area contributed by atoms with Crippen molar-refractivity contribution in [3.63, 3.8) is 0 Å². The third-order valence-corrected chi connectivity index (χ3v) is 3.94. The normalized spacial score (nSPS) is 21.4. The Morgan fingerprint density at radius 3 is 2.70 bits per heavy atom. The van der Waals surface area contributed by atoms with Crippen molar-refractivity contribution in [2.75, 3.05) is 0 Å². The summed E-state index contributed by atoms with van der Waals surface area (Å²) in [5, 5.41) is 12.7. The van der Waals surface area contributed by atoms with Gasteiger partial charge in [0.25, 0.3) is 5.91 Å². The molecule has 0 radical (unpaired) electrons. The van der Waals surface area contributed by atoms with Crippen molar-refractivity contribution in [1.82, 2.24) is 10.3 Å². The molecule has 1 heterocycles. The number of carboxylic acids is 1. The van der Waals surface area contributed by atoms with Gasteiger partial charge in [-0.25, -0.2) is 0 Å². The number of H-pyrrole nitrogens is 1. The summed E-state index contributed by atoms with van der Waals surface area (Å²) in [6, 6.07) is 7.63. The quantitative estimate of drug-likeness (QED) is 0.800. The number of aromatic nitrogens is 1. The van der Waals surface area contributed by atoms with Gasteiger partial charge in [0.05, 0.1) is 11.5 Å². The van der Waals surface area contributed by atoms with Gasteiger partial charge in [-0.05, 0) is 25.8 Å². The number of fused-ring (bicyclic) bond motifs is 1. The molecule has 0 aliphatic heterocycles. The molecule has 1 amide bonds. The summed E-state index contributed by atoms with van der Waals surface area (Å²) in [5.41, 5.74) is 2.42. The number of aryl methyl sites for hydroxylation is 1. The maximum Gasteiger partial charge on any atom is 0.306 e. The largest absolute Gasteiger partial charge is 0.481 e.